The van der Waals surface area contributed by atoms with Crippen molar-refractivity contribution in [1.29, 1.82) is 0 Å². The van der Waals surface area contributed by atoms with Gasteiger partial charge in [0.05, 0.1) is 12.6 Å². The van der Waals surface area contributed by atoms with Crippen LogP contribution in [-0.4, -0.2) is 31.0 Å². The van der Waals surface area contributed by atoms with Gasteiger partial charge in [-0.05, 0) is 67.9 Å². The summed E-state index contributed by atoms with van der Waals surface area (Å²) in [6.45, 7) is 4.47. The van der Waals surface area contributed by atoms with Crippen molar-refractivity contribution in [2.45, 2.75) is 69.8 Å². The molecule has 3 fully saturated rings. The Morgan fingerprint density at radius 3 is 2.64 bits per heavy atom. The first-order valence-corrected chi connectivity index (χ1v) is 10.7. The van der Waals surface area contributed by atoms with Gasteiger partial charge in [-0.2, -0.15) is 0 Å². The number of carbonyl (C=O) groups is 1. The van der Waals surface area contributed by atoms with Gasteiger partial charge in [0.1, 0.15) is 0 Å². The maximum atomic E-state index is 14.3. The van der Waals surface area contributed by atoms with Crippen LogP contribution < -0.4 is 10.6 Å². The minimum absolute atomic E-state index is 0.0232. The monoisotopic (exact) mass is 390 g/mol. The van der Waals surface area contributed by atoms with Crippen molar-refractivity contribution in [1.82, 2.24) is 10.6 Å². The summed E-state index contributed by atoms with van der Waals surface area (Å²) < 4.78 is 28.5. The first-order valence-electron chi connectivity index (χ1n) is 10.7. The second-order valence-corrected chi connectivity index (χ2v) is 9.96. The molecule has 1 aromatic carbocycles. The first-order chi connectivity index (χ1) is 13.2. The van der Waals surface area contributed by atoms with Gasteiger partial charge < -0.3 is 10.6 Å². The highest BCUT2D eigenvalue weighted by molar-refractivity contribution is 5.83. The quantitative estimate of drug-likeness (QED) is 0.809. The lowest BCUT2D eigenvalue weighted by Gasteiger charge is -2.54. The van der Waals surface area contributed by atoms with Gasteiger partial charge in [0, 0.05) is 5.41 Å². The molecular formula is C23H32F2N2O. The number of amides is 1. The molecule has 5 unspecified atom stereocenters. The molecule has 2 N–H and O–H groups in total. The van der Waals surface area contributed by atoms with Gasteiger partial charge in [-0.15, -0.1) is 0 Å². The summed E-state index contributed by atoms with van der Waals surface area (Å²) in [4.78, 5) is 13.3. The topological polar surface area (TPSA) is 41.1 Å². The van der Waals surface area contributed by atoms with E-state index in [-0.39, 0.29) is 24.3 Å². The Morgan fingerprint density at radius 2 is 1.93 bits per heavy atom. The van der Waals surface area contributed by atoms with Gasteiger partial charge in [0.2, 0.25) is 5.91 Å². The third-order valence-electron chi connectivity index (χ3n) is 7.34. The van der Waals surface area contributed by atoms with Gasteiger partial charge in [-0.3, -0.25) is 4.79 Å². The van der Waals surface area contributed by atoms with Crippen LogP contribution in [0.15, 0.2) is 30.3 Å². The third kappa shape index (κ3) is 3.58. The number of hydrogen-bond acceptors (Lipinski definition) is 2. The van der Waals surface area contributed by atoms with Crippen molar-refractivity contribution >= 4 is 5.91 Å². The fraction of sp³-hybridized carbons (Fsp3) is 0.696. The molecule has 5 atom stereocenters. The van der Waals surface area contributed by atoms with Crippen molar-refractivity contribution in [2.24, 2.45) is 17.3 Å². The second kappa shape index (κ2) is 7.08. The van der Waals surface area contributed by atoms with Crippen LogP contribution in [-0.2, 0) is 10.2 Å². The lowest BCUT2D eigenvalue weighted by atomic mass is 9.50. The summed E-state index contributed by atoms with van der Waals surface area (Å²) in [5.41, 5.74) is 0.683. The lowest BCUT2D eigenvalue weighted by molar-refractivity contribution is -0.142. The van der Waals surface area contributed by atoms with E-state index < -0.39 is 17.4 Å². The Hall–Kier alpha value is -1.49. The van der Waals surface area contributed by atoms with Crippen molar-refractivity contribution in [3.8, 4) is 0 Å². The average Bonchev–Trinajstić information content (AvgIpc) is 2.63. The summed E-state index contributed by atoms with van der Waals surface area (Å²) in [7, 11) is 0. The van der Waals surface area contributed by atoms with Crippen LogP contribution in [0, 0.1) is 17.3 Å². The van der Waals surface area contributed by atoms with Crippen molar-refractivity contribution in [3.05, 3.63) is 35.9 Å². The normalized spacial score (nSPS) is 39.9. The van der Waals surface area contributed by atoms with Crippen molar-refractivity contribution < 1.29 is 13.6 Å². The maximum Gasteiger partial charge on any atom is 0.280 e. The van der Waals surface area contributed by atoms with Gasteiger partial charge >= 0.3 is 0 Å². The van der Waals surface area contributed by atoms with E-state index in [4.69, 9.17) is 0 Å². The Morgan fingerprint density at radius 1 is 1.18 bits per heavy atom. The van der Waals surface area contributed by atoms with E-state index in [1.165, 1.54) is 5.56 Å². The maximum absolute atomic E-state index is 14.3. The van der Waals surface area contributed by atoms with Crippen LogP contribution in [0.3, 0.4) is 0 Å². The van der Waals surface area contributed by atoms with Crippen molar-refractivity contribution in [2.75, 3.05) is 13.1 Å². The number of carbonyl (C=O) groups excluding carboxylic acids is 1. The number of nitrogens with one attached hydrogen (secondary N) is 2. The molecule has 1 aliphatic heterocycles. The molecule has 3 nitrogen and oxygen atoms in total. The molecular weight excluding hydrogens is 358 g/mol. The first kappa shape index (κ1) is 19.8. The van der Waals surface area contributed by atoms with E-state index in [9.17, 15) is 13.6 Å². The van der Waals surface area contributed by atoms with Crippen LogP contribution in [0.4, 0.5) is 8.78 Å². The van der Waals surface area contributed by atoms with Crippen LogP contribution >= 0.6 is 0 Å². The molecule has 1 saturated heterocycles. The van der Waals surface area contributed by atoms with Crippen LogP contribution in [0.1, 0.15) is 57.9 Å². The number of rotatable bonds is 3. The van der Waals surface area contributed by atoms with E-state index in [1.54, 1.807) is 0 Å². The molecule has 2 bridgehead atoms. The standard InChI is InChI=1S/C23H32F2N2O/c1-16-10-17-12-21(2,20(28)27-19-8-9-26-15-23(19,24)25)14-22(11-16,13-17)18-6-4-3-5-7-18/h3-7,16-17,19,26H,8-15H2,1-2H3,(H,27,28). The minimum Gasteiger partial charge on any atom is -0.347 e. The molecule has 0 radical (unpaired) electrons. The summed E-state index contributed by atoms with van der Waals surface area (Å²) in [6.07, 6.45) is 5.12. The van der Waals surface area contributed by atoms with Crippen molar-refractivity contribution in [3.63, 3.8) is 0 Å². The predicted molar refractivity (Wildman–Crippen MR) is 106 cm³/mol. The fourth-order valence-electron chi connectivity index (χ4n) is 6.44. The highest BCUT2D eigenvalue weighted by atomic mass is 19.3. The molecule has 4 rings (SSSR count). The van der Waals surface area contributed by atoms with Crippen LogP contribution in [0.2, 0.25) is 0 Å². The molecule has 2 saturated carbocycles. The smallest absolute Gasteiger partial charge is 0.280 e. The lowest BCUT2D eigenvalue weighted by Crippen LogP contribution is -2.60. The summed E-state index contributed by atoms with van der Waals surface area (Å²) >= 11 is 0. The number of piperidine rings is 1. The zero-order valence-electron chi connectivity index (χ0n) is 16.9. The van der Waals surface area contributed by atoms with E-state index >= 15 is 0 Å². The summed E-state index contributed by atoms with van der Waals surface area (Å²) in [5.74, 6) is -1.97. The number of halogens is 2. The SMILES string of the molecule is CC1CC2CC(C)(C(=O)NC3CCNCC3(F)F)CC(c3ccccc3)(C1)C2. The number of benzene rings is 1. The third-order valence-corrected chi connectivity index (χ3v) is 7.34. The number of alkyl halides is 2. The van der Waals surface area contributed by atoms with E-state index in [1.807, 2.05) is 13.0 Å². The highest BCUT2D eigenvalue weighted by Gasteiger charge is 2.54. The molecule has 1 amide bonds. The zero-order valence-corrected chi connectivity index (χ0v) is 16.9. The Labute approximate surface area is 166 Å². The van der Waals surface area contributed by atoms with Crippen LogP contribution in [0.5, 0.6) is 0 Å². The number of hydrogen-bond donors (Lipinski definition) is 2. The van der Waals surface area contributed by atoms with Gasteiger partial charge in [0.25, 0.3) is 5.92 Å². The fourth-order valence-corrected chi connectivity index (χ4v) is 6.44. The summed E-state index contributed by atoms with van der Waals surface area (Å²) in [5, 5.41) is 5.49. The molecule has 154 valence electrons. The molecule has 3 aliphatic rings. The van der Waals surface area contributed by atoms with Gasteiger partial charge in [-0.1, -0.05) is 44.2 Å². The summed E-state index contributed by atoms with van der Waals surface area (Å²) in [6, 6.07) is 9.46. The second-order valence-electron chi connectivity index (χ2n) is 9.96. The molecule has 28 heavy (non-hydrogen) atoms. The highest BCUT2D eigenvalue weighted by Crippen LogP contribution is 2.58. The van der Waals surface area contributed by atoms with E-state index in [0.29, 0.717) is 18.4 Å². The molecule has 0 spiro atoms. The number of fused-ring (bicyclic) bond motifs is 2. The average molecular weight is 391 g/mol. The molecule has 5 heteroatoms. The van der Waals surface area contributed by atoms with Gasteiger partial charge in [-0.25, -0.2) is 8.78 Å². The van der Waals surface area contributed by atoms with Gasteiger partial charge in [0.15, 0.2) is 0 Å². The Bertz CT molecular complexity index is 721. The Balaban J connectivity index is 1.59. The molecule has 1 aromatic rings. The predicted octanol–water partition coefficient (Wildman–Crippen LogP) is 4.27. The molecule has 1 heterocycles. The Kier molecular flexibility index (Phi) is 5.01. The van der Waals surface area contributed by atoms with Crippen LogP contribution in [0.25, 0.3) is 0 Å². The zero-order chi connectivity index (χ0) is 20.0. The molecule has 2 aliphatic carbocycles. The van der Waals surface area contributed by atoms with E-state index in [0.717, 1.165) is 32.1 Å². The molecule has 0 aromatic heterocycles. The van der Waals surface area contributed by atoms with E-state index in [2.05, 4.69) is 41.8 Å². The minimum atomic E-state index is -2.89. The largest absolute Gasteiger partial charge is 0.347 e.